The van der Waals surface area contributed by atoms with Gasteiger partial charge in [0.25, 0.3) is 0 Å². The highest BCUT2D eigenvalue weighted by Crippen LogP contribution is 2.35. The molecule has 2 fully saturated rings. The summed E-state index contributed by atoms with van der Waals surface area (Å²) in [7, 11) is 0. The number of alkyl halides is 1. The fourth-order valence-electron chi connectivity index (χ4n) is 2.89. The van der Waals surface area contributed by atoms with E-state index in [9.17, 15) is 4.39 Å². The molecule has 0 amide bonds. The van der Waals surface area contributed by atoms with Gasteiger partial charge in [0.1, 0.15) is 17.7 Å². The maximum Gasteiger partial charge on any atom is 0.124 e. The van der Waals surface area contributed by atoms with E-state index in [1.165, 1.54) is 12.1 Å². The van der Waals surface area contributed by atoms with Crippen LogP contribution in [0.25, 0.3) is 0 Å². The van der Waals surface area contributed by atoms with Gasteiger partial charge in [-0.2, -0.15) is 0 Å². The van der Waals surface area contributed by atoms with E-state index >= 15 is 0 Å². The number of hydrogen-bond acceptors (Lipinski definition) is 3. The van der Waals surface area contributed by atoms with Crippen molar-refractivity contribution in [3.63, 3.8) is 0 Å². The predicted octanol–water partition coefficient (Wildman–Crippen LogP) is 3.28. The summed E-state index contributed by atoms with van der Waals surface area (Å²) >= 11 is 5.85. The summed E-state index contributed by atoms with van der Waals surface area (Å²) in [4.78, 5) is 0. The highest BCUT2D eigenvalue weighted by atomic mass is 35.5. The van der Waals surface area contributed by atoms with Crippen molar-refractivity contribution < 1.29 is 18.6 Å². The number of hydrogen-bond donors (Lipinski definition) is 0. The molecule has 1 aromatic rings. The second-order valence-corrected chi connectivity index (χ2v) is 5.72. The lowest BCUT2D eigenvalue weighted by atomic mass is 9.91. The minimum absolute atomic E-state index is 0.0675. The maximum atomic E-state index is 13.2. The van der Waals surface area contributed by atoms with Gasteiger partial charge in [-0.25, -0.2) is 4.39 Å². The molecule has 1 aromatic carbocycles. The molecule has 2 heterocycles. The first-order chi connectivity index (χ1) is 9.71. The number of rotatable bonds is 3. The zero-order valence-corrected chi connectivity index (χ0v) is 12.0. The Morgan fingerprint density at radius 3 is 3.05 bits per heavy atom. The Morgan fingerprint density at radius 2 is 2.30 bits per heavy atom. The molecule has 0 saturated carbocycles. The standard InChI is InChI=1S/C15H18ClFO3/c16-9-11-7-12(17)1-2-14(11)20-13-3-5-19-15(8-13)4-6-18-10-15/h1-2,7,13H,3-6,8-10H2. The van der Waals surface area contributed by atoms with Crippen molar-refractivity contribution >= 4 is 11.6 Å². The molecule has 2 unspecified atom stereocenters. The van der Waals surface area contributed by atoms with E-state index in [4.69, 9.17) is 25.8 Å². The average Bonchev–Trinajstić information content (AvgIpc) is 2.89. The molecule has 3 rings (SSSR count). The molecule has 2 aliphatic heterocycles. The molecule has 3 nitrogen and oxygen atoms in total. The molecular weight excluding hydrogens is 283 g/mol. The normalized spacial score (nSPS) is 29.8. The van der Waals surface area contributed by atoms with Gasteiger partial charge in [-0.15, -0.1) is 11.6 Å². The Kier molecular flexibility index (Phi) is 4.15. The number of ether oxygens (including phenoxy) is 3. The number of benzene rings is 1. The summed E-state index contributed by atoms with van der Waals surface area (Å²) in [5, 5.41) is 0. The fourth-order valence-corrected chi connectivity index (χ4v) is 3.10. The minimum Gasteiger partial charge on any atom is -0.490 e. The van der Waals surface area contributed by atoms with Crippen LogP contribution in [0.5, 0.6) is 5.75 Å². The van der Waals surface area contributed by atoms with Crippen LogP contribution in [0.15, 0.2) is 18.2 Å². The van der Waals surface area contributed by atoms with E-state index in [-0.39, 0.29) is 23.4 Å². The first kappa shape index (κ1) is 14.1. The van der Waals surface area contributed by atoms with Gasteiger partial charge in [-0.1, -0.05) is 0 Å². The second-order valence-electron chi connectivity index (χ2n) is 5.45. The molecule has 2 saturated heterocycles. The Labute approximate surface area is 123 Å². The van der Waals surface area contributed by atoms with Gasteiger partial charge in [-0.3, -0.25) is 0 Å². The zero-order valence-electron chi connectivity index (χ0n) is 11.2. The van der Waals surface area contributed by atoms with Crippen molar-refractivity contribution in [2.45, 2.75) is 36.8 Å². The summed E-state index contributed by atoms with van der Waals surface area (Å²) in [6, 6.07) is 4.48. The highest BCUT2D eigenvalue weighted by molar-refractivity contribution is 6.17. The van der Waals surface area contributed by atoms with Crippen LogP contribution in [0, 0.1) is 5.82 Å². The van der Waals surface area contributed by atoms with Gasteiger partial charge in [-0.05, 0) is 18.2 Å². The third-order valence-electron chi connectivity index (χ3n) is 3.98. The molecule has 2 atom stereocenters. The third kappa shape index (κ3) is 2.92. The van der Waals surface area contributed by atoms with E-state index in [1.807, 2.05) is 0 Å². The molecule has 0 radical (unpaired) electrons. The van der Waals surface area contributed by atoms with Crippen LogP contribution < -0.4 is 4.74 Å². The van der Waals surface area contributed by atoms with Crippen LogP contribution in [0.4, 0.5) is 4.39 Å². The molecule has 2 aliphatic rings. The lowest BCUT2D eigenvalue weighted by Crippen LogP contribution is -2.44. The van der Waals surface area contributed by atoms with E-state index in [2.05, 4.69) is 0 Å². The van der Waals surface area contributed by atoms with Crippen molar-refractivity contribution in [1.29, 1.82) is 0 Å². The summed E-state index contributed by atoms with van der Waals surface area (Å²) in [6.45, 7) is 2.06. The zero-order chi connectivity index (χ0) is 14.0. The lowest BCUT2D eigenvalue weighted by Gasteiger charge is -2.37. The molecular formula is C15H18ClFO3. The van der Waals surface area contributed by atoms with Gasteiger partial charge < -0.3 is 14.2 Å². The summed E-state index contributed by atoms with van der Waals surface area (Å²) in [5.41, 5.74) is 0.499. The van der Waals surface area contributed by atoms with Crippen LogP contribution in [-0.2, 0) is 15.4 Å². The summed E-state index contributed by atoms with van der Waals surface area (Å²) in [6.07, 6.45) is 2.63. The van der Waals surface area contributed by atoms with Crippen LogP contribution in [0.1, 0.15) is 24.8 Å². The average molecular weight is 301 g/mol. The van der Waals surface area contributed by atoms with E-state index in [1.54, 1.807) is 6.07 Å². The van der Waals surface area contributed by atoms with Gasteiger partial charge >= 0.3 is 0 Å². The topological polar surface area (TPSA) is 27.7 Å². The Morgan fingerprint density at radius 1 is 1.40 bits per heavy atom. The second kappa shape index (κ2) is 5.88. The fraction of sp³-hybridized carbons (Fsp3) is 0.600. The largest absolute Gasteiger partial charge is 0.490 e. The molecule has 0 N–H and O–H groups in total. The van der Waals surface area contributed by atoms with Crippen LogP contribution in [0.2, 0.25) is 0 Å². The van der Waals surface area contributed by atoms with Crippen molar-refractivity contribution in [2.75, 3.05) is 19.8 Å². The SMILES string of the molecule is Fc1ccc(OC2CCOC3(CCOC3)C2)c(CCl)c1. The third-order valence-corrected chi connectivity index (χ3v) is 4.26. The molecule has 0 aromatic heterocycles. The molecule has 110 valence electrons. The van der Waals surface area contributed by atoms with Crippen molar-refractivity contribution in [1.82, 2.24) is 0 Å². The van der Waals surface area contributed by atoms with Crippen LogP contribution >= 0.6 is 11.6 Å². The first-order valence-corrected chi connectivity index (χ1v) is 7.47. The molecule has 1 spiro atoms. The predicted molar refractivity (Wildman–Crippen MR) is 73.7 cm³/mol. The van der Waals surface area contributed by atoms with Crippen molar-refractivity contribution in [2.24, 2.45) is 0 Å². The molecule has 5 heteroatoms. The monoisotopic (exact) mass is 300 g/mol. The van der Waals surface area contributed by atoms with Crippen molar-refractivity contribution in [3.05, 3.63) is 29.6 Å². The Bertz CT molecular complexity index is 474. The van der Waals surface area contributed by atoms with E-state index in [0.717, 1.165) is 25.9 Å². The van der Waals surface area contributed by atoms with Crippen LogP contribution in [-0.4, -0.2) is 31.5 Å². The smallest absolute Gasteiger partial charge is 0.124 e. The summed E-state index contributed by atoms with van der Waals surface area (Å²) in [5.74, 6) is 0.618. The number of halogens is 2. The Balaban J connectivity index is 1.71. The van der Waals surface area contributed by atoms with E-state index in [0.29, 0.717) is 24.5 Å². The Hall–Kier alpha value is -0.840. The van der Waals surface area contributed by atoms with Crippen LogP contribution in [0.3, 0.4) is 0 Å². The van der Waals surface area contributed by atoms with Gasteiger partial charge in [0.15, 0.2) is 0 Å². The summed E-state index contributed by atoms with van der Waals surface area (Å²) < 4.78 is 30.6. The lowest BCUT2D eigenvalue weighted by molar-refractivity contribution is -0.112. The highest BCUT2D eigenvalue weighted by Gasteiger charge is 2.41. The van der Waals surface area contributed by atoms with Gasteiger partial charge in [0, 0.05) is 31.4 Å². The quantitative estimate of drug-likeness (QED) is 0.802. The maximum absolute atomic E-state index is 13.2. The minimum atomic E-state index is -0.291. The van der Waals surface area contributed by atoms with Crippen molar-refractivity contribution in [3.8, 4) is 5.75 Å². The molecule has 20 heavy (non-hydrogen) atoms. The van der Waals surface area contributed by atoms with E-state index < -0.39 is 0 Å². The first-order valence-electron chi connectivity index (χ1n) is 6.93. The molecule has 0 aliphatic carbocycles. The van der Waals surface area contributed by atoms with Gasteiger partial charge in [0.2, 0.25) is 0 Å². The van der Waals surface area contributed by atoms with Gasteiger partial charge in [0.05, 0.1) is 24.7 Å². The molecule has 0 bridgehead atoms.